The number of benzene rings is 1. The highest BCUT2D eigenvalue weighted by molar-refractivity contribution is 8.09. The molecule has 3 rings (SSSR count). The molecule has 0 bridgehead atoms. The summed E-state index contributed by atoms with van der Waals surface area (Å²) in [6, 6.07) is 17.7. The Bertz CT molecular complexity index is 1040. The number of aromatic nitrogens is 2. The van der Waals surface area contributed by atoms with Crippen molar-refractivity contribution in [1.82, 2.24) is 0 Å². The highest BCUT2D eigenvalue weighted by Gasteiger charge is 2.15. The molecular formula is C33H47BN2PS+2. The Balaban J connectivity index is 1.53. The van der Waals surface area contributed by atoms with Gasteiger partial charge in [-0.25, -0.2) is 9.13 Å². The van der Waals surface area contributed by atoms with Gasteiger partial charge in [-0.3, -0.25) is 0 Å². The van der Waals surface area contributed by atoms with Gasteiger partial charge in [-0.1, -0.05) is 127 Å². The molecule has 38 heavy (non-hydrogen) atoms. The number of nitrogens with zero attached hydrogens (tertiary/aromatic N) is 2. The molecule has 3 aromatic rings. The van der Waals surface area contributed by atoms with E-state index in [0.717, 1.165) is 26.2 Å². The molecule has 0 N–H and O–H groups in total. The van der Waals surface area contributed by atoms with E-state index in [2.05, 4.69) is 96.3 Å². The Morgan fingerprint density at radius 3 is 1.71 bits per heavy atom. The predicted octanol–water partition coefficient (Wildman–Crippen LogP) is 7.97. The lowest BCUT2D eigenvalue weighted by atomic mass is 9.93. The molecule has 1 unspecified atom stereocenters. The summed E-state index contributed by atoms with van der Waals surface area (Å²) in [5.41, 5.74) is 5.04. The molecule has 1 atom stereocenters. The molecule has 0 aliphatic rings. The summed E-state index contributed by atoms with van der Waals surface area (Å²) in [5.74, 6) is 0.799. The summed E-state index contributed by atoms with van der Waals surface area (Å²) < 4.78 is 4.66. The van der Waals surface area contributed by atoms with Crippen LogP contribution in [0.15, 0.2) is 73.3 Å². The average molecular weight is 546 g/mol. The van der Waals surface area contributed by atoms with Gasteiger partial charge < -0.3 is 0 Å². The third kappa shape index (κ3) is 11.5. The van der Waals surface area contributed by atoms with E-state index in [1.165, 1.54) is 99.2 Å². The average Bonchev–Trinajstić information content (AvgIpc) is 2.95. The zero-order valence-corrected chi connectivity index (χ0v) is 25.4. The van der Waals surface area contributed by atoms with Crippen molar-refractivity contribution in [2.24, 2.45) is 5.92 Å². The fourth-order valence-electron chi connectivity index (χ4n) is 5.21. The second kappa shape index (κ2) is 18.4. The van der Waals surface area contributed by atoms with Crippen LogP contribution in [0.4, 0.5) is 0 Å². The Labute approximate surface area is 240 Å². The van der Waals surface area contributed by atoms with E-state index in [1.54, 1.807) is 0 Å². The fraction of sp³-hybridized carbons (Fsp3) is 0.515. The summed E-state index contributed by atoms with van der Waals surface area (Å²) >= 11 is 5.01. The first-order valence-electron chi connectivity index (χ1n) is 14.9. The van der Waals surface area contributed by atoms with E-state index in [1.807, 2.05) is 7.00 Å². The SMILES string of the molecule is CCCCCCCCC(CCCCCC)C[n+]1ccc(-c2cc[n+](Cc3ccc([B]P=S)cc3)cc2)cc1. The van der Waals surface area contributed by atoms with E-state index >= 15 is 0 Å². The van der Waals surface area contributed by atoms with E-state index in [4.69, 9.17) is 11.8 Å². The van der Waals surface area contributed by atoms with Gasteiger partial charge in [0, 0.05) is 35.7 Å². The van der Waals surface area contributed by atoms with Gasteiger partial charge in [-0.2, -0.15) is 0 Å². The number of rotatable bonds is 19. The molecule has 2 aromatic heterocycles. The maximum absolute atomic E-state index is 5.01. The van der Waals surface area contributed by atoms with Crippen molar-refractivity contribution >= 4 is 31.5 Å². The van der Waals surface area contributed by atoms with Crippen LogP contribution in [0.3, 0.4) is 0 Å². The van der Waals surface area contributed by atoms with Crippen molar-refractivity contribution in [2.75, 3.05) is 0 Å². The third-order valence-electron chi connectivity index (χ3n) is 7.56. The number of hydrogen-bond donors (Lipinski definition) is 0. The van der Waals surface area contributed by atoms with Crippen molar-refractivity contribution in [2.45, 2.75) is 104 Å². The molecular weight excluding hydrogens is 498 g/mol. The largest absolute Gasteiger partial charge is 0.236 e. The van der Waals surface area contributed by atoms with Crippen LogP contribution in [0.25, 0.3) is 11.1 Å². The van der Waals surface area contributed by atoms with Crippen molar-refractivity contribution in [3.05, 3.63) is 78.9 Å². The molecule has 0 saturated heterocycles. The molecule has 2 nitrogen and oxygen atoms in total. The Hall–Kier alpha value is -1.90. The molecule has 0 fully saturated rings. The van der Waals surface area contributed by atoms with E-state index in [0.29, 0.717) is 0 Å². The predicted molar refractivity (Wildman–Crippen MR) is 168 cm³/mol. The van der Waals surface area contributed by atoms with Crippen LogP contribution in [0.2, 0.25) is 0 Å². The molecule has 5 heteroatoms. The normalized spacial score (nSPS) is 12.1. The van der Waals surface area contributed by atoms with E-state index in [-0.39, 0.29) is 0 Å². The second-order valence-electron chi connectivity index (χ2n) is 10.8. The van der Waals surface area contributed by atoms with E-state index < -0.39 is 0 Å². The third-order valence-corrected chi connectivity index (χ3v) is 8.28. The second-order valence-corrected chi connectivity index (χ2v) is 11.9. The van der Waals surface area contributed by atoms with Gasteiger partial charge in [0.15, 0.2) is 37.9 Å². The van der Waals surface area contributed by atoms with E-state index in [9.17, 15) is 0 Å². The quantitative estimate of drug-likeness (QED) is 0.0642. The van der Waals surface area contributed by atoms with Crippen LogP contribution >= 0.6 is 7.23 Å². The van der Waals surface area contributed by atoms with Crippen molar-refractivity contribution in [3.63, 3.8) is 0 Å². The van der Waals surface area contributed by atoms with Gasteiger partial charge in [0.2, 0.25) is 7.00 Å². The van der Waals surface area contributed by atoms with Crippen molar-refractivity contribution < 1.29 is 9.13 Å². The molecule has 0 saturated carbocycles. The number of hydrogen-bond acceptors (Lipinski definition) is 1. The lowest BCUT2D eigenvalue weighted by Gasteiger charge is -2.14. The standard InChI is InChI=1S/C33H47BN2PS/c1-3-5-7-9-10-12-14-29(13-11-8-6-4-2)27-35-23-19-31(20-24-35)32-21-25-36(26-22-32)28-30-15-17-33(18-16-30)34-37-38/h15-26,29H,3-14,27-28H2,1-2H3/q+2. The first kappa shape index (κ1) is 30.6. The van der Waals surface area contributed by atoms with Crippen LogP contribution in [0, 0.1) is 5.92 Å². The highest BCUT2D eigenvalue weighted by atomic mass is 32.4. The van der Waals surface area contributed by atoms with Gasteiger partial charge in [0.05, 0.1) is 0 Å². The Kier molecular flexibility index (Phi) is 14.8. The van der Waals surface area contributed by atoms with Gasteiger partial charge >= 0.3 is 0 Å². The molecule has 1 radical (unpaired) electrons. The molecule has 1 aromatic carbocycles. The van der Waals surface area contributed by atoms with Crippen LogP contribution in [-0.4, -0.2) is 7.00 Å². The van der Waals surface area contributed by atoms with Crippen LogP contribution in [0.1, 0.15) is 96.5 Å². The molecule has 0 aliphatic carbocycles. The molecule has 2 heterocycles. The fourth-order valence-corrected chi connectivity index (χ4v) is 5.86. The highest BCUT2D eigenvalue weighted by Crippen LogP contribution is 2.20. The smallest absolute Gasteiger partial charge is 0.205 e. The summed E-state index contributed by atoms with van der Waals surface area (Å²) in [5, 5.41) is 0. The van der Waals surface area contributed by atoms with Gasteiger partial charge in [-0.05, 0) is 24.0 Å². The first-order valence-corrected chi connectivity index (χ1v) is 16.9. The van der Waals surface area contributed by atoms with Crippen molar-refractivity contribution in [1.29, 1.82) is 0 Å². The first-order chi connectivity index (χ1) is 18.7. The Morgan fingerprint density at radius 2 is 1.16 bits per heavy atom. The van der Waals surface area contributed by atoms with Gasteiger partial charge in [-0.15, -0.1) is 0 Å². The lowest BCUT2D eigenvalue weighted by molar-refractivity contribution is -0.703. The monoisotopic (exact) mass is 545 g/mol. The van der Waals surface area contributed by atoms with Crippen LogP contribution in [-0.2, 0) is 24.9 Å². The van der Waals surface area contributed by atoms with Gasteiger partial charge in [0.25, 0.3) is 0 Å². The molecule has 0 amide bonds. The zero-order chi connectivity index (χ0) is 26.8. The van der Waals surface area contributed by atoms with Gasteiger partial charge in [0.1, 0.15) is 0 Å². The Morgan fingerprint density at radius 1 is 0.658 bits per heavy atom. The van der Waals surface area contributed by atoms with Crippen LogP contribution < -0.4 is 14.6 Å². The molecule has 0 aliphatic heterocycles. The minimum absolute atomic E-state index is 0.799. The molecule has 0 spiro atoms. The minimum atomic E-state index is 0.799. The maximum atomic E-state index is 5.01. The topological polar surface area (TPSA) is 7.76 Å². The summed E-state index contributed by atoms with van der Waals surface area (Å²) in [4.78, 5) is 0. The molecule has 201 valence electrons. The van der Waals surface area contributed by atoms with Crippen LogP contribution in [0.5, 0.6) is 0 Å². The zero-order valence-electron chi connectivity index (χ0n) is 23.7. The minimum Gasteiger partial charge on any atom is -0.205 e. The summed E-state index contributed by atoms with van der Waals surface area (Å²) in [6.07, 6.45) is 25.5. The number of unbranched alkanes of at least 4 members (excludes halogenated alkanes) is 8. The van der Waals surface area contributed by atoms with Crippen molar-refractivity contribution in [3.8, 4) is 11.1 Å². The number of pyridine rings is 2. The maximum Gasteiger partial charge on any atom is 0.236 e. The summed E-state index contributed by atoms with van der Waals surface area (Å²) in [6.45, 7) is 8.68. The summed E-state index contributed by atoms with van der Waals surface area (Å²) in [7, 11) is 0.883. The lowest BCUT2D eigenvalue weighted by Crippen LogP contribution is -2.36.